The highest BCUT2D eigenvalue weighted by atomic mass is 32.2. The highest BCUT2D eigenvalue weighted by molar-refractivity contribution is 7.98. The zero-order valence-corrected chi connectivity index (χ0v) is 7.39. The van der Waals surface area contributed by atoms with Crippen LogP contribution < -0.4 is 5.32 Å². The second kappa shape index (κ2) is 3.31. The van der Waals surface area contributed by atoms with Crippen LogP contribution in [0.5, 0.6) is 0 Å². The third-order valence-corrected chi connectivity index (χ3v) is 2.61. The molecule has 0 saturated carbocycles. The first kappa shape index (κ1) is 7.86. The van der Waals surface area contributed by atoms with Gasteiger partial charge in [0, 0.05) is 6.54 Å². The molecule has 2 aliphatic rings. The van der Waals surface area contributed by atoms with E-state index >= 15 is 0 Å². The van der Waals surface area contributed by atoms with Crippen LogP contribution in [-0.4, -0.2) is 37.2 Å². The number of thioether (sulfide) groups is 1. The van der Waals surface area contributed by atoms with Gasteiger partial charge in [-0.05, 0) is 18.4 Å². The SMILES string of the molecule is CSCCC1CNC2OC2O1. The molecule has 11 heavy (non-hydrogen) atoms. The van der Waals surface area contributed by atoms with Crippen molar-refractivity contribution in [3.05, 3.63) is 0 Å². The molecule has 0 aliphatic carbocycles. The molecule has 0 radical (unpaired) electrons. The number of nitrogens with one attached hydrogen (secondary N) is 1. The highest BCUT2D eigenvalue weighted by Crippen LogP contribution is 2.26. The molecule has 1 N–H and O–H groups in total. The summed E-state index contributed by atoms with van der Waals surface area (Å²) in [6.45, 7) is 0.946. The van der Waals surface area contributed by atoms with Crippen LogP contribution in [0.25, 0.3) is 0 Å². The van der Waals surface area contributed by atoms with Crippen molar-refractivity contribution in [2.75, 3.05) is 18.6 Å². The van der Waals surface area contributed by atoms with Crippen LogP contribution >= 0.6 is 11.8 Å². The Morgan fingerprint density at radius 1 is 1.55 bits per heavy atom. The van der Waals surface area contributed by atoms with Crippen LogP contribution in [0.4, 0.5) is 0 Å². The summed E-state index contributed by atoms with van der Waals surface area (Å²) in [6.07, 6.45) is 3.88. The predicted octanol–water partition coefficient (Wildman–Crippen LogP) is 0.410. The summed E-state index contributed by atoms with van der Waals surface area (Å²) in [5, 5.41) is 3.26. The molecule has 0 aromatic heterocycles. The summed E-state index contributed by atoms with van der Waals surface area (Å²) in [4.78, 5) is 0. The molecule has 2 aliphatic heterocycles. The maximum Gasteiger partial charge on any atom is 0.199 e. The van der Waals surface area contributed by atoms with Gasteiger partial charge in [0.15, 0.2) is 12.5 Å². The van der Waals surface area contributed by atoms with Gasteiger partial charge in [0.25, 0.3) is 0 Å². The number of epoxide rings is 1. The Hall–Kier alpha value is 0.230. The van der Waals surface area contributed by atoms with Gasteiger partial charge in [0.1, 0.15) is 0 Å². The molecule has 2 rings (SSSR count). The number of hydrogen-bond donors (Lipinski definition) is 1. The first-order valence-corrected chi connectivity index (χ1v) is 5.33. The first-order valence-electron chi connectivity index (χ1n) is 3.93. The molecule has 64 valence electrons. The number of morpholine rings is 1. The second-order valence-corrected chi connectivity index (χ2v) is 3.86. The van der Waals surface area contributed by atoms with Crippen LogP contribution in [0.15, 0.2) is 0 Å². The molecule has 3 unspecified atom stereocenters. The molecule has 0 bridgehead atoms. The Labute approximate surface area is 70.8 Å². The molecular weight excluding hydrogens is 162 g/mol. The van der Waals surface area contributed by atoms with E-state index in [1.807, 2.05) is 11.8 Å². The quantitative estimate of drug-likeness (QED) is 0.630. The molecule has 0 spiro atoms. The molecule has 3 nitrogen and oxygen atoms in total. The van der Waals surface area contributed by atoms with Crippen molar-refractivity contribution in [3.63, 3.8) is 0 Å². The van der Waals surface area contributed by atoms with Gasteiger partial charge in [-0.2, -0.15) is 11.8 Å². The van der Waals surface area contributed by atoms with Crippen LogP contribution in [0.1, 0.15) is 6.42 Å². The van der Waals surface area contributed by atoms with E-state index in [4.69, 9.17) is 9.47 Å². The lowest BCUT2D eigenvalue weighted by Crippen LogP contribution is -2.38. The molecular formula is C7H13NO2S. The van der Waals surface area contributed by atoms with Gasteiger partial charge in [-0.1, -0.05) is 0 Å². The summed E-state index contributed by atoms with van der Waals surface area (Å²) >= 11 is 1.86. The molecule has 0 aromatic rings. The van der Waals surface area contributed by atoms with Crippen LogP contribution in [0.2, 0.25) is 0 Å². The van der Waals surface area contributed by atoms with E-state index in [1.165, 1.54) is 5.75 Å². The lowest BCUT2D eigenvalue weighted by molar-refractivity contribution is -0.0169. The Bertz CT molecular complexity index is 144. The molecule has 2 fully saturated rings. The molecule has 2 saturated heterocycles. The summed E-state index contributed by atoms with van der Waals surface area (Å²) in [5.74, 6) is 1.17. The Morgan fingerprint density at radius 3 is 3.18 bits per heavy atom. The summed E-state index contributed by atoms with van der Waals surface area (Å²) in [6, 6.07) is 0. The van der Waals surface area contributed by atoms with E-state index < -0.39 is 0 Å². The normalized spacial score (nSPS) is 41.7. The van der Waals surface area contributed by atoms with E-state index in [2.05, 4.69) is 11.6 Å². The molecule has 2 heterocycles. The number of hydrogen-bond acceptors (Lipinski definition) is 4. The average molecular weight is 175 g/mol. The van der Waals surface area contributed by atoms with E-state index in [9.17, 15) is 0 Å². The molecule has 0 amide bonds. The Morgan fingerprint density at radius 2 is 2.45 bits per heavy atom. The van der Waals surface area contributed by atoms with Crippen LogP contribution in [-0.2, 0) is 9.47 Å². The van der Waals surface area contributed by atoms with Crippen LogP contribution in [0.3, 0.4) is 0 Å². The van der Waals surface area contributed by atoms with Crippen molar-refractivity contribution in [1.82, 2.24) is 5.32 Å². The van der Waals surface area contributed by atoms with Gasteiger partial charge in [0.05, 0.1) is 6.10 Å². The maximum absolute atomic E-state index is 5.56. The number of rotatable bonds is 3. The maximum atomic E-state index is 5.56. The van der Waals surface area contributed by atoms with Crippen molar-refractivity contribution in [1.29, 1.82) is 0 Å². The largest absolute Gasteiger partial charge is 0.344 e. The zero-order chi connectivity index (χ0) is 7.68. The molecule has 3 atom stereocenters. The minimum Gasteiger partial charge on any atom is -0.344 e. The van der Waals surface area contributed by atoms with Crippen molar-refractivity contribution in [3.8, 4) is 0 Å². The van der Waals surface area contributed by atoms with Crippen molar-refractivity contribution >= 4 is 11.8 Å². The Balaban J connectivity index is 1.68. The second-order valence-electron chi connectivity index (χ2n) is 2.87. The Kier molecular flexibility index (Phi) is 2.36. The fourth-order valence-electron chi connectivity index (χ4n) is 1.25. The van der Waals surface area contributed by atoms with E-state index in [0.29, 0.717) is 6.10 Å². The van der Waals surface area contributed by atoms with E-state index in [1.54, 1.807) is 0 Å². The summed E-state index contributed by atoms with van der Waals surface area (Å²) in [7, 11) is 0. The lowest BCUT2D eigenvalue weighted by atomic mass is 10.2. The topological polar surface area (TPSA) is 33.8 Å². The molecule has 4 heteroatoms. The third-order valence-electron chi connectivity index (χ3n) is 1.97. The number of ether oxygens (including phenoxy) is 2. The van der Waals surface area contributed by atoms with Gasteiger partial charge in [-0.25, -0.2) is 0 Å². The third kappa shape index (κ3) is 1.87. The highest BCUT2D eigenvalue weighted by Gasteiger charge is 2.45. The van der Waals surface area contributed by atoms with E-state index in [0.717, 1.165) is 13.0 Å². The van der Waals surface area contributed by atoms with Crippen LogP contribution in [0, 0.1) is 0 Å². The van der Waals surface area contributed by atoms with Gasteiger partial charge >= 0.3 is 0 Å². The summed E-state index contributed by atoms with van der Waals surface area (Å²) in [5.41, 5.74) is 0. The smallest absolute Gasteiger partial charge is 0.199 e. The standard InChI is InChI=1S/C7H13NO2S/c1-11-3-2-5-4-8-6-7(9-5)10-6/h5-8H,2-4H2,1H3. The monoisotopic (exact) mass is 175 g/mol. The van der Waals surface area contributed by atoms with Gasteiger partial charge in [-0.3, -0.25) is 5.32 Å². The fourth-order valence-corrected chi connectivity index (χ4v) is 1.75. The van der Waals surface area contributed by atoms with Crippen molar-refractivity contribution < 1.29 is 9.47 Å². The average Bonchev–Trinajstić information content (AvgIpc) is 2.78. The predicted molar refractivity (Wildman–Crippen MR) is 44.5 cm³/mol. The minimum atomic E-state index is 0.0654. The number of fused-ring (bicyclic) bond motifs is 1. The lowest BCUT2D eigenvalue weighted by Gasteiger charge is -2.19. The van der Waals surface area contributed by atoms with Crippen molar-refractivity contribution in [2.45, 2.75) is 25.0 Å². The zero-order valence-electron chi connectivity index (χ0n) is 6.58. The summed E-state index contributed by atoms with van der Waals surface area (Å²) < 4.78 is 10.7. The van der Waals surface area contributed by atoms with Gasteiger partial charge in [-0.15, -0.1) is 0 Å². The van der Waals surface area contributed by atoms with Gasteiger partial charge in [0.2, 0.25) is 0 Å². The fraction of sp³-hybridized carbons (Fsp3) is 1.00. The minimum absolute atomic E-state index is 0.0654. The van der Waals surface area contributed by atoms with Crippen molar-refractivity contribution in [2.24, 2.45) is 0 Å². The van der Waals surface area contributed by atoms with E-state index in [-0.39, 0.29) is 12.5 Å². The molecule has 0 aromatic carbocycles. The first-order chi connectivity index (χ1) is 5.40. The van der Waals surface area contributed by atoms with Gasteiger partial charge < -0.3 is 9.47 Å².